The third-order valence-electron chi connectivity index (χ3n) is 9.43. The molecule has 1 N–H and O–H groups in total. The van der Waals surface area contributed by atoms with E-state index < -0.39 is 18.0 Å². The van der Waals surface area contributed by atoms with Crippen LogP contribution in [-0.2, 0) is 25.5 Å². The van der Waals surface area contributed by atoms with Gasteiger partial charge in [0.05, 0.1) is 0 Å². The van der Waals surface area contributed by atoms with E-state index in [2.05, 4.69) is 43.2 Å². The molecule has 1 aromatic carbocycles. The fourth-order valence-corrected chi connectivity index (χ4v) is 7.29. The highest BCUT2D eigenvalue weighted by atomic mass is 32.1. The molecule has 262 valence electrons. The summed E-state index contributed by atoms with van der Waals surface area (Å²) >= 11 is 1.28. The molecule has 1 aromatic heterocycles. The number of thiazole rings is 1. The van der Waals surface area contributed by atoms with Gasteiger partial charge in [0.25, 0.3) is 5.91 Å². The summed E-state index contributed by atoms with van der Waals surface area (Å²) < 4.78 is 5.79. The lowest BCUT2D eigenvalue weighted by molar-refractivity contribution is -0.149. The average molecular weight is 670 g/mol. The van der Waals surface area contributed by atoms with Crippen LogP contribution in [0.3, 0.4) is 0 Å². The molecule has 0 aliphatic carbocycles. The molecule has 0 radical (unpaired) electrons. The van der Waals surface area contributed by atoms with Gasteiger partial charge in [-0.1, -0.05) is 98.6 Å². The van der Waals surface area contributed by atoms with E-state index in [0.717, 1.165) is 37.7 Å². The van der Waals surface area contributed by atoms with Gasteiger partial charge in [0.15, 0.2) is 6.10 Å². The van der Waals surface area contributed by atoms with Crippen LogP contribution in [-0.4, -0.2) is 52.6 Å². The molecular formula is C38H59N3O5S. The minimum absolute atomic E-state index is 0.0323. The zero-order valence-corrected chi connectivity index (χ0v) is 31.2. The lowest BCUT2D eigenvalue weighted by atomic mass is 9.79. The van der Waals surface area contributed by atoms with Crippen molar-refractivity contribution in [3.63, 3.8) is 0 Å². The van der Waals surface area contributed by atoms with Gasteiger partial charge < -0.3 is 15.0 Å². The number of benzene rings is 1. The van der Waals surface area contributed by atoms with Gasteiger partial charge >= 0.3 is 5.97 Å². The van der Waals surface area contributed by atoms with Gasteiger partial charge in [-0.15, -0.1) is 11.3 Å². The number of nitrogens with zero attached hydrogens (tertiary/aromatic N) is 2. The summed E-state index contributed by atoms with van der Waals surface area (Å²) in [6, 6.07) is 9.76. The predicted molar refractivity (Wildman–Crippen MR) is 190 cm³/mol. The predicted octanol–water partition coefficient (Wildman–Crippen LogP) is 8.07. The molecule has 9 heteroatoms. The lowest BCUT2D eigenvalue weighted by Gasteiger charge is -2.37. The van der Waals surface area contributed by atoms with E-state index >= 15 is 0 Å². The number of rotatable bonds is 20. The van der Waals surface area contributed by atoms with Crippen LogP contribution in [0, 0.1) is 29.6 Å². The number of carbonyl (C=O) groups is 4. The summed E-state index contributed by atoms with van der Waals surface area (Å²) in [6.45, 7) is 17.8. The van der Waals surface area contributed by atoms with Crippen LogP contribution in [0.25, 0.3) is 0 Å². The molecule has 8 nitrogen and oxygen atoms in total. The molecular weight excluding hydrogens is 611 g/mol. The number of hydrogen-bond donors (Lipinski definition) is 1. The Morgan fingerprint density at radius 1 is 0.936 bits per heavy atom. The molecule has 2 rings (SSSR count). The molecule has 0 bridgehead atoms. The van der Waals surface area contributed by atoms with Crippen molar-refractivity contribution >= 4 is 34.9 Å². The summed E-state index contributed by atoms with van der Waals surface area (Å²) in [6.07, 6.45) is 3.85. The highest BCUT2D eigenvalue weighted by Gasteiger charge is 2.37. The van der Waals surface area contributed by atoms with Gasteiger partial charge in [-0.2, -0.15) is 0 Å². The first-order chi connectivity index (χ1) is 22.2. The van der Waals surface area contributed by atoms with Crippen LogP contribution >= 0.6 is 11.3 Å². The van der Waals surface area contributed by atoms with Crippen molar-refractivity contribution in [1.29, 1.82) is 0 Å². The molecule has 2 amide bonds. The fraction of sp³-hybridized carbons (Fsp3) is 0.658. The summed E-state index contributed by atoms with van der Waals surface area (Å²) in [7, 11) is 1.79. The zero-order valence-electron chi connectivity index (χ0n) is 30.4. The van der Waals surface area contributed by atoms with Crippen molar-refractivity contribution in [3.8, 4) is 0 Å². The highest BCUT2D eigenvalue weighted by molar-refractivity contribution is 7.09. The van der Waals surface area contributed by atoms with E-state index in [9.17, 15) is 19.2 Å². The molecule has 0 saturated carbocycles. The van der Waals surface area contributed by atoms with Crippen molar-refractivity contribution in [2.45, 2.75) is 125 Å². The second-order valence-corrected chi connectivity index (χ2v) is 14.6. The third-order valence-corrected chi connectivity index (χ3v) is 10.4. The second-order valence-electron chi connectivity index (χ2n) is 13.7. The number of hydrogen-bond acceptors (Lipinski definition) is 7. The van der Waals surface area contributed by atoms with Crippen LogP contribution in [0.5, 0.6) is 0 Å². The Labute approximate surface area is 287 Å². The maximum absolute atomic E-state index is 14.1. The van der Waals surface area contributed by atoms with Crippen molar-refractivity contribution < 1.29 is 23.9 Å². The van der Waals surface area contributed by atoms with Crippen LogP contribution < -0.4 is 5.32 Å². The molecule has 0 spiro atoms. The van der Waals surface area contributed by atoms with Gasteiger partial charge in [0.1, 0.15) is 16.5 Å². The fourth-order valence-electron chi connectivity index (χ4n) is 6.45. The van der Waals surface area contributed by atoms with E-state index in [1.165, 1.54) is 18.3 Å². The maximum atomic E-state index is 14.1. The van der Waals surface area contributed by atoms with E-state index in [-0.39, 0.29) is 65.5 Å². The number of carbonyl (C=O) groups excluding carboxylic acids is 4. The Balaban J connectivity index is 2.29. The Morgan fingerprint density at radius 2 is 1.60 bits per heavy atom. The molecule has 0 saturated heterocycles. The van der Waals surface area contributed by atoms with Crippen molar-refractivity contribution in [2.75, 3.05) is 7.05 Å². The number of esters is 1. The standard InChI is InChI=1S/C38H59N3O5S/c1-11-17-29(20-28-18-15-14-16-19-28)39-36(44)32-23-47-37(40-32)35(46-27(9)42)22-33(25(6)7)41(10)38(45)31(26(8)12-2)21-34(43)30(13-3)24(4)5/h14-16,18-19,23-26,29-31,33,35H,11-13,17,20-22H2,1-10H3,(H,39,44)/t26-,29+,30-,31-,33+,35+/m0/s1. The lowest BCUT2D eigenvalue weighted by Crippen LogP contribution is -2.46. The van der Waals surface area contributed by atoms with Crippen molar-refractivity contribution in [1.82, 2.24) is 15.2 Å². The number of aromatic nitrogens is 1. The molecule has 0 unspecified atom stereocenters. The molecule has 0 aliphatic heterocycles. The van der Waals surface area contributed by atoms with Gasteiger partial charge in [-0.05, 0) is 42.6 Å². The first-order valence-electron chi connectivity index (χ1n) is 17.5. The number of amides is 2. The molecule has 0 aliphatic rings. The van der Waals surface area contributed by atoms with E-state index in [1.54, 1.807) is 17.3 Å². The Kier molecular flexibility index (Phi) is 16.8. The number of ether oxygens (including phenoxy) is 1. The Hall–Kier alpha value is -3.07. The van der Waals surface area contributed by atoms with E-state index in [0.29, 0.717) is 11.4 Å². The number of Topliss-reactive ketones (excluding diaryl/α,β-unsaturated/α-hetero) is 1. The maximum Gasteiger partial charge on any atom is 0.303 e. The smallest absolute Gasteiger partial charge is 0.303 e. The van der Waals surface area contributed by atoms with Crippen LogP contribution in [0.4, 0.5) is 0 Å². The van der Waals surface area contributed by atoms with Gasteiger partial charge in [-0.25, -0.2) is 4.98 Å². The Bertz CT molecular complexity index is 1280. The van der Waals surface area contributed by atoms with Crippen molar-refractivity contribution in [3.05, 3.63) is 52.0 Å². The first kappa shape index (κ1) is 40.1. The molecule has 1 heterocycles. The topological polar surface area (TPSA) is 106 Å². The molecule has 2 aromatic rings. The summed E-state index contributed by atoms with van der Waals surface area (Å²) in [5.41, 5.74) is 1.44. The minimum atomic E-state index is -0.730. The number of ketones is 1. The summed E-state index contributed by atoms with van der Waals surface area (Å²) in [4.78, 5) is 59.5. The van der Waals surface area contributed by atoms with Crippen LogP contribution in [0.15, 0.2) is 35.7 Å². The summed E-state index contributed by atoms with van der Waals surface area (Å²) in [5.74, 6) is -0.846. The largest absolute Gasteiger partial charge is 0.455 e. The normalized spacial score (nSPS) is 15.4. The average Bonchev–Trinajstić information content (AvgIpc) is 3.52. The quantitative estimate of drug-likeness (QED) is 0.143. The van der Waals surface area contributed by atoms with Crippen LogP contribution in [0.2, 0.25) is 0 Å². The molecule has 6 atom stereocenters. The third kappa shape index (κ3) is 12.2. The first-order valence-corrected chi connectivity index (χ1v) is 18.4. The zero-order chi connectivity index (χ0) is 35.3. The van der Waals surface area contributed by atoms with Crippen molar-refractivity contribution in [2.24, 2.45) is 29.6 Å². The molecule has 47 heavy (non-hydrogen) atoms. The van der Waals surface area contributed by atoms with Gasteiger partial charge in [0, 0.05) is 56.1 Å². The van der Waals surface area contributed by atoms with Crippen LogP contribution in [0.1, 0.15) is 128 Å². The summed E-state index contributed by atoms with van der Waals surface area (Å²) in [5, 5.41) is 5.37. The minimum Gasteiger partial charge on any atom is -0.455 e. The van der Waals surface area contributed by atoms with Gasteiger partial charge in [-0.3, -0.25) is 19.2 Å². The molecule has 0 fully saturated rings. The van der Waals surface area contributed by atoms with E-state index in [4.69, 9.17) is 4.74 Å². The van der Waals surface area contributed by atoms with E-state index in [1.807, 2.05) is 52.8 Å². The highest BCUT2D eigenvalue weighted by Crippen LogP contribution is 2.33. The Morgan fingerprint density at radius 3 is 2.13 bits per heavy atom. The second kappa shape index (κ2) is 19.7. The number of nitrogens with one attached hydrogen (secondary N) is 1. The SMILES string of the molecule is CCC[C@H](Cc1ccccc1)NC(=O)c1csc([C@@H](C[C@H](C(C)C)N(C)C(=O)[C@@H](CC(=O)[C@@H](CC)C(C)C)[C@@H](C)CC)OC(C)=O)n1. The monoisotopic (exact) mass is 669 g/mol. The van der Waals surface area contributed by atoms with Gasteiger partial charge in [0.2, 0.25) is 5.91 Å².